The Kier molecular flexibility index (Phi) is 6.05. The minimum absolute atomic E-state index is 0.262. The van der Waals surface area contributed by atoms with Crippen LogP contribution in [0.4, 0.5) is 0 Å². The number of hydrogen-bond donors (Lipinski definition) is 0. The number of hydrogen-bond acceptors (Lipinski definition) is 6. The van der Waals surface area contributed by atoms with Crippen LogP contribution in [0.15, 0.2) is 70.5 Å². The van der Waals surface area contributed by atoms with Gasteiger partial charge in [-0.3, -0.25) is 9.78 Å². The summed E-state index contributed by atoms with van der Waals surface area (Å²) < 4.78 is 5.37. The summed E-state index contributed by atoms with van der Waals surface area (Å²) in [6.07, 6.45) is 5.24. The van der Waals surface area contributed by atoms with Crippen molar-refractivity contribution in [3.05, 3.63) is 76.6 Å². The Hall–Kier alpha value is -2.91. The summed E-state index contributed by atoms with van der Waals surface area (Å²) in [7, 11) is 0. The summed E-state index contributed by atoms with van der Waals surface area (Å²) in [6.45, 7) is 2.03. The number of ether oxygens (including phenoxy) is 1. The molecule has 6 heteroatoms. The molecule has 136 valence electrons. The molecule has 0 saturated heterocycles. The van der Waals surface area contributed by atoms with Crippen molar-refractivity contribution >= 4 is 23.4 Å². The predicted octanol–water partition coefficient (Wildman–Crippen LogP) is 3.95. The van der Waals surface area contributed by atoms with Crippen LogP contribution in [-0.4, -0.2) is 29.5 Å². The summed E-state index contributed by atoms with van der Waals surface area (Å²) >= 11 is 1.40. The number of carbonyl (C=O) groups excluding carboxylic acids is 1. The van der Waals surface area contributed by atoms with E-state index in [2.05, 4.69) is 11.1 Å². The van der Waals surface area contributed by atoms with Gasteiger partial charge in [0.1, 0.15) is 10.9 Å². The van der Waals surface area contributed by atoms with Crippen LogP contribution in [-0.2, 0) is 9.53 Å². The van der Waals surface area contributed by atoms with Gasteiger partial charge in [-0.15, -0.1) is 11.8 Å². The number of rotatable bonds is 5. The second-order valence-corrected chi connectivity index (χ2v) is 6.69. The van der Waals surface area contributed by atoms with Crippen molar-refractivity contribution in [1.29, 1.82) is 5.26 Å². The van der Waals surface area contributed by atoms with Crippen LogP contribution in [0.5, 0.6) is 0 Å². The lowest BCUT2D eigenvalue weighted by Gasteiger charge is -2.31. The number of allylic oxidation sites excluding steroid dienone is 1. The predicted molar refractivity (Wildman–Crippen MR) is 106 cm³/mol. The number of carbonyl (C=O) groups is 1. The molecule has 0 fully saturated rings. The molecule has 5 nitrogen and oxygen atoms in total. The average molecular weight is 377 g/mol. The average Bonchev–Trinajstić information content (AvgIpc) is 2.73. The van der Waals surface area contributed by atoms with Crippen molar-refractivity contribution in [1.82, 2.24) is 4.98 Å². The van der Waals surface area contributed by atoms with Crippen molar-refractivity contribution < 1.29 is 9.53 Å². The normalized spacial score (nSPS) is 19.2. The number of thioether (sulfide) groups is 1. The maximum atomic E-state index is 13.0. The Morgan fingerprint density at radius 2 is 2.04 bits per heavy atom. The van der Waals surface area contributed by atoms with Gasteiger partial charge in [-0.25, -0.2) is 4.99 Å². The molecule has 0 saturated carbocycles. The van der Waals surface area contributed by atoms with Gasteiger partial charge in [0, 0.05) is 18.3 Å². The molecule has 0 bridgehead atoms. The van der Waals surface area contributed by atoms with Crippen molar-refractivity contribution in [2.24, 2.45) is 10.9 Å². The van der Waals surface area contributed by atoms with E-state index < -0.39 is 11.8 Å². The molecule has 1 aliphatic heterocycles. The zero-order valence-corrected chi connectivity index (χ0v) is 15.9. The molecule has 27 heavy (non-hydrogen) atoms. The fourth-order valence-corrected chi connectivity index (χ4v) is 3.80. The minimum atomic E-state index is -0.706. The number of aromatic nitrogens is 1. The van der Waals surface area contributed by atoms with E-state index in [1.807, 2.05) is 42.7 Å². The van der Waals surface area contributed by atoms with Crippen molar-refractivity contribution in [2.45, 2.75) is 12.8 Å². The van der Waals surface area contributed by atoms with E-state index in [1.165, 1.54) is 11.8 Å². The Labute approximate surface area is 162 Å². The Morgan fingerprint density at radius 1 is 1.26 bits per heavy atom. The largest absolute Gasteiger partial charge is 0.465 e. The van der Waals surface area contributed by atoms with Gasteiger partial charge in [-0.05, 0) is 30.4 Å². The molecule has 1 aromatic carbocycles. The fraction of sp³-hybridized carbons (Fsp3) is 0.238. The Bertz CT molecular complexity index is 917. The standard InChI is InChI=1S/C21H19N3O2S/c1-3-26-21(25)18-17(15-10-7-11-23-13-15)16(12-22)20(27-2)24-19(18)14-8-5-4-6-9-14/h4-11,13,17-18H,3H2,1-2H3/t17-,18?/m0/s1. The Balaban J connectivity index is 2.25. The van der Waals surface area contributed by atoms with E-state index in [9.17, 15) is 10.1 Å². The first-order chi connectivity index (χ1) is 13.2. The first-order valence-corrected chi connectivity index (χ1v) is 9.82. The van der Waals surface area contributed by atoms with Crippen LogP contribution < -0.4 is 0 Å². The van der Waals surface area contributed by atoms with Crippen LogP contribution in [0.1, 0.15) is 24.0 Å². The van der Waals surface area contributed by atoms with Crippen LogP contribution >= 0.6 is 11.8 Å². The van der Waals surface area contributed by atoms with Crippen LogP contribution in [0.3, 0.4) is 0 Å². The van der Waals surface area contributed by atoms with Crippen molar-refractivity contribution in [2.75, 3.05) is 12.9 Å². The highest BCUT2D eigenvalue weighted by Crippen LogP contribution is 2.42. The van der Waals surface area contributed by atoms with Crippen LogP contribution in [0, 0.1) is 17.2 Å². The first-order valence-electron chi connectivity index (χ1n) is 8.60. The number of nitrogens with zero attached hydrogens (tertiary/aromatic N) is 3. The topological polar surface area (TPSA) is 75.3 Å². The Morgan fingerprint density at radius 3 is 2.63 bits per heavy atom. The van der Waals surface area contributed by atoms with Gasteiger partial charge in [-0.1, -0.05) is 36.4 Å². The van der Waals surface area contributed by atoms with E-state index >= 15 is 0 Å². The number of pyridine rings is 1. The van der Waals surface area contributed by atoms with E-state index in [4.69, 9.17) is 9.73 Å². The van der Waals surface area contributed by atoms with E-state index in [0.717, 1.165) is 11.1 Å². The summed E-state index contributed by atoms with van der Waals surface area (Å²) in [6, 6.07) is 15.5. The minimum Gasteiger partial charge on any atom is -0.465 e. The number of nitriles is 1. The molecule has 0 N–H and O–H groups in total. The number of esters is 1. The van der Waals surface area contributed by atoms with Crippen LogP contribution in [0.25, 0.3) is 0 Å². The molecule has 2 atom stereocenters. The molecule has 0 radical (unpaired) electrons. The molecular formula is C21H19N3O2S. The van der Waals surface area contributed by atoms with Gasteiger partial charge in [0.25, 0.3) is 0 Å². The summed E-state index contributed by atoms with van der Waals surface area (Å²) in [5, 5.41) is 10.5. The van der Waals surface area contributed by atoms with E-state index in [1.54, 1.807) is 25.4 Å². The molecule has 1 aliphatic rings. The molecule has 0 amide bonds. The molecule has 1 aromatic heterocycles. The third-order valence-electron chi connectivity index (χ3n) is 4.36. The SMILES string of the molecule is CCOC(=O)C1C(c2ccccc2)=NC(SC)=C(C#N)[C@@H]1c1cccnc1. The molecule has 0 aliphatic carbocycles. The number of benzene rings is 1. The zero-order chi connectivity index (χ0) is 19.2. The third kappa shape index (κ3) is 3.79. The lowest BCUT2D eigenvalue weighted by Crippen LogP contribution is -2.36. The second-order valence-electron chi connectivity index (χ2n) is 5.89. The van der Waals surface area contributed by atoms with Gasteiger partial charge < -0.3 is 4.74 Å². The maximum absolute atomic E-state index is 13.0. The quantitative estimate of drug-likeness (QED) is 0.738. The zero-order valence-electron chi connectivity index (χ0n) is 15.1. The summed E-state index contributed by atoms with van der Waals surface area (Å²) in [4.78, 5) is 21.8. The smallest absolute Gasteiger partial charge is 0.316 e. The van der Waals surface area contributed by atoms with Gasteiger partial charge in [0.15, 0.2) is 0 Å². The maximum Gasteiger partial charge on any atom is 0.316 e. The molecule has 2 aromatic rings. The lowest BCUT2D eigenvalue weighted by atomic mass is 9.76. The fourth-order valence-electron chi connectivity index (χ4n) is 3.22. The van der Waals surface area contributed by atoms with Gasteiger partial charge in [0.05, 0.1) is 24.0 Å². The second kappa shape index (κ2) is 8.65. The number of aliphatic imine (C=N–C) groups is 1. The molecule has 0 spiro atoms. The van der Waals surface area contributed by atoms with Gasteiger partial charge >= 0.3 is 5.97 Å². The van der Waals surface area contributed by atoms with Crippen LogP contribution in [0.2, 0.25) is 0 Å². The first kappa shape index (κ1) is 18.9. The van der Waals surface area contributed by atoms with Gasteiger partial charge in [-0.2, -0.15) is 5.26 Å². The lowest BCUT2D eigenvalue weighted by molar-refractivity contribution is -0.145. The highest BCUT2D eigenvalue weighted by atomic mass is 32.2. The third-order valence-corrected chi connectivity index (χ3v) is 5.06. The molecule has 1 unspecified atom stereocenters. The van der Waals surface area contributed by atoms with E-state index in [-0.39, 0.29) is 12.6 Å². The highest BCUT2D eigenvalue weighted by molar-refractivity contribution is 8.02. The van der Waals surface area contributed by atoms with E-state index in [0.29, 0.717) is 16.3 Å². The molecule has 2 heterocycles. The van der Waals surface area contributed by atoms with Crippen molar-refractivity contribution in [3.63, 3.8) is 0 Å². The monoisotopic (exact) mass is 377 g/mol. The summed E-state index contributed by atoms with van der Waals surface area (Å²) in [5.41, 5.74) is 2.72. The molecular weight excluding hydrogens is 358 g/mol. The summed E-state index contributed by atoms with van der Waals surface area (Å²) in [5.74, 6) is -1.58. The highest BCUT2D eigenvalue weighted by Gasteiger charge is 2.42. The molecule has 3 rings (SSSR count). The van der Waals surface area contributed by atoms with Crippen molar-refractivity contribution in [3.8, 4) is 6.07 Å². The van der Waals surface area contributed by atoms with Gasteiger partial charge in [0.2, 0.25) is 0 Å².